The largest absolute Gasteiger partial charge is 0.356 e. The average Bonchev–Trinajstić information content (AvgIpc) is 3.27. The van der Waals surface area contributed by atoms with Crippen molar-refractivity contribution in [2.24, 2.45) is 5.92 Å². The first-order valence-electron chi connectivity index (χ1n) is 12.5. The van der Waals surface area contributed by atoms with Crippen LogP contribution in [0.4, 0.5) is 4.39 Å². The molecule has 1 fully saturated rings. The summed E-state index contributed by atoms with van der Waals surface area (Å²) < 4.78 is 16.0. The fourth-order valence-corrected chi connectivity index (χ4v) is 5.00. The number of fused-ring (bicyclic) bond motifs is 1. The molecule has 0 aliphatic carbocycles. The molecule has 1 aliphatic heterocycles. The molecule has 1 N–H and O–H groups in total. The van der Waals surface area contributed by atoms with Gasteiger partial charge < -0.3 is 14.8 Å². The first-order valence-corrected chi connectivity index (χ1v) is 12.8. The average molecular weight is 519 g/mol. The quantitative estimate of drug-likeness (QED) is 0.370. The predicted molar refractivity (Wildman–Crippen MR) is 142 cm³/mol. The van der Waals surface area contributed by atoms with Crippen LogP contribution >= 0.6 is 11.6 Å². The molecule has 6 nitrogen and oxygen atoms in total. The van der Waals surface area contributed by atoms with Crippen LogP contribution in [-0.2, 0) is 17.8 Å². The molecule has 1 aliphatic rings. The Labute approximate surface area is 220 Å². The third-order valence-electron chi connectivity index (χ3n) is 6.95. The zero-order chi connectivity index (χ0) is 25.8. The maximum atomic E-state index is 14.1. The summed E-state index contributed by atoms with van der Waals surface area (Å²) in [7, 11) is 0. The van der Waals surface area contributed by atoms with Crippen molar-refractivity contribution in [2.45, 2.75) is 25.8 Å². The minimum Gasteiger partial charge on any atom is -0.356 e. The molecule has 0 unspecified atom stereocenters. The van der Waals surface area contributed by atoms with Crippen LogP contribution in [0, 0.1) is 11.7 Å². The van der Waals surface area contributed by atoms with Gasteiger partial charge in [0, 0.05) is 54.9 Å². The molecular weight excluding hydrogens is 491 g/mol. The molecule has 2 aromatic carbocycles. The highest BCUT2D eigenvalue weighted by Crippen LogP contribution is 2.26. The highest BCUT2D eigenvalue weighted by Gasteiger charge is 2.29. The number of nitrogens with one attached hydrogen (secondary N) is 1. The minimum atomic E-state index is -0.349. The second-order valence-electron chi connectivity index (χ2n) is 9.41. The maximum Gasteiger partial charge on any atom is 0.270 e. The van der Waals surface area contributed by atoms with Crippen molar-refractivity contribution in [1.82, 2.24) is 19.8 Å². The number of nitrogens with zero attached hydrogens (tertiary/aromatic N) is 3. The van der Waals surface area contributed by atoms with E-state index in [4.69, 9.17) is 11.6 Å². The van der Waals surface area contributed by atoms with Crippen molar-refractivity contribution in [3.8, 4) is 0 Å². The van der Waals surface area contributed by atoms with Crippen LogP contribution in [0.25, 0.3) is 10.9 Å². The van der Waals surface area contributed by atoms with Crippen molar-refractivity contribution < 1.29 is 14.0 Å². The number of pyridine rings is 1. The van der Waals surface area contributed by atoms with E-state index in [1.54, 1.807) is 35.5 Å². The van der Waals surface area contributed by atoms with Gasteiger partial charge in [-0.3, -0.25) is 14.6 Å². The predicted octanol–water partition coefficient (Wildman–Crippen LogP) is 5.09. The first kappa shape index (κ1) is 25.0. The number of hydrogen-bond acceptors (Lipinski definition) is 3. The van der Waals surface area contributed by atoms with E-state index in [1.807, 2.05) is 34.9 Å². The Morgan fingerprint density at radius 2 is 1.70 bits per heavy atom. The van der Waals surface area contributed by atoms with Crippen LogP contribution < -0.4 is 5.32 Å². The van der Waals surface area contributed by atoms with Gasteiger partial charge in [-0.25, -0.2) is 4.39 Å². The number of likely N-dealkylation sites (tertiary alicyclic amines) is 1. The van der Waals surface area contributed by atoms with Crippen molar-refractivity contribution in [2.75, 3.05) is 19.6 Å². The lowest BCUT2D eigenvalue weighted by Gasteiger charge is -2.31. The molecule has 2 amide bonds. The fraction of sp³-hybridized carbons (Fsp3) is 0.276. The van der Waals surface area contributed by atoms with Crippen LogP contribution in [0.3, 0.4) is 0 Å². The molecule has 190 valence electrons. The zero-order valence-electron chi connectivity index (χ0n) is 20.4. The van der Waals surface area contributed by atoms with E-state index in [-0.39, 0.29) is 23.5 Å². The molecule has 3 heterocycles. The van der Waals surface area contributed by atoms with E-state index in [0.717, 1.165) is 22.9 Å². The molecule has 37 heavy (non-hydrogen) atoms. The standard InChI is InChI=1S/C29H28ClFN4O2/c30-24-4-1-21(2-5-24)19-35-26-18-25(31)6-3-23(26)17-27(35)29(37)34-15-10-22(11-16-34)28(36)33-14-9-20-7-12-32-13-8-20/h1-8,12-13,17-18,22H,9-11,14-16,19H2,(H,33,36). The molecule has 1 saturated heterocycles. The van der Waals surface area contributed by atoms with Crippen LogP contribution in [0.1, 0.15) is 34.5 Å². The molecule has 0 spiro atoms. The number of piperidine rings is 1. The molecule has 4 aromatic rings. The second kappa shape index (κ2) is 11.1. The van der Waals surface area contributed by atoms with Gasteiger partial charge in [0.15, 0.2) is 0 Å². The van der Waals surface area contributed by atoms with Gasteiger partial charge in [0.25, 0.3) is 5.91 Å². The molecule has 0 saturated carbocycles. The lowest BCUT2D eigenvalue weighted by molar-refractivity contribution is -0.126. The Morgan fingerprint density at radius 1 is 0.973 bits per heavy atom. The van der Waals surface area contributed by atoms with E-state index in [1.165, 1.54) is 12.1 Å². The molecular formula is C29H28ClFN4O2. The van der Waals surface area contributed by atoms with Crippen LogP contribution in [0.2, 0.25) is 5.02 Å². The van der Waals surface area contributed by atoms with Gasteiger partial charge in [0.05, 0.1) is 5.52 Å². The molecule has 0 atom stereocenters. The van der Waals surface area contributed by atoms with Crippen molar-refractivity contribution in [3.63, 3.8) is 0 Å². The fourth-order valence-electron chi connectivity index (χ4n) is 4.88. The topological polar surface area (TPSA) is 67.2 Å². The van der Waals surface area contributed by atoms with E-state index < -0.39 is 0 Å². The smallest absolute Gasteiger partial charge is 0.270 e. The SMILES string of the molecule is O=C(NCCc1ccncc1)C1CCN(C(=O)c2cc3ccc(F)cc3n2Cc2ccc(Cl)cc2)CC1. The molecule has 2 aromatic heterocycles. The van der Waals surface area contributed by atoms with Crippen molar-refractivity contribution in [3.05, 3.63) is 101 Å². The van der Waals surface area contributed by atoms with Gasteiger partial charge >= 0.3 is 0 Å². The normalized spacial score (nSPS) is 14.2. The summed E-state index contributed by atoms with van der Waals surface area (Å²) >= 11 is 6.03. The number of amides is 2. The lowest BCUT2D eigenvalue weighted by Crippen LogP contribution is -2.43. The minimum absolute atomic E-state index is 0.0356. The van der Waals surface area contributed by atoms with Gasteiger partial charge in [0.2, 0.25) is 5.91 Å². The summed E-state index contributed by atoms with van der Waals surface area (Å²) in [6.07, 6.45) is 5.46. The summed E-state index contributed by atoms with van der Waals surface area (Å²) in [5, 5.41) is 4.47. The number of carbonyl (C=O) groups excluding carboxylic acids is 2. The number of carbonyl (C=O) groups is 2. The van der Waals surface area contributed by atoms with E-state index in [9.17, 15) is 14.0 Å². The summed E-state index contributed by atoms with van der Waals surface area (Å²) in [5.41, 5.74) is 3.27. The molecule has 0 bridgehead atoms. The highest BCUT2D eigenvalue weighted by atomic mass is 35.5. The lowest BCUT2D eigenvalue weighted by atomic mass is 9.95. The van der Waals surface area contributed by atoms with E-state index in [2.05, 4.69) is 10.3 Å². The maximum absolute atomic E-state index is 14.1. The zero-order valence-corrected chi connectivity index (χ0v) is 21.1. The van der Waals surface area contributed by atoms with Gasteiger partial charge in [0.1, 0.15) is 11.5 Å². The Balaban J connectivity index is 1.25. The summed E-state index contributed by atoms with van der Waals surface area (Å²) in [5.74, 6) is -0.538. The third kappa shape index (κ3) is 5.83. The summed E-state index contributed by atoms with van der Waals surface area (Å²) in [6, 6.07) is 17.7. The summed E-state index contributed by atoms with van der Waals surface area (Å²) in [4.78, 5) is 32.1. The monoisotopic (exact) mass is 518 g/mol. The van der Waals surface area contributed by atoms with E-state index >= 15 is 0 Å². The highest BCUT2D eigenvalue weighted by molar-refractivity contribution is 6.30. The van der Waals surface area contributed by atoms with E-state index in [0.29, 0.717) is 55.3 Å². The molecule has 8 heteroatoms. The Hall–Kier alpha value is -3.71. The number of hydrogen-bond donors (Lipinski definition) is 1. The van der Waals surface area contributed by atoms with Crippen LogP contribution in [0.5, 0.6) is 0 Å². The second-order valence-corrected chi connectivity index (χ2v) is 9.84. The number of aromatic nitrogens is 2. The Morgan fingerprint density at radius 3 is 2.43 bits per heavy atom. The Kier molecular flexibility index (Phi) is 7.51. The first-order chi connectivity index (χ1) is 18.0. The van der Waals surface area contributed by atoms with Gasteiger partial charge in [-0.05, 0) is 78.9 Å². The van der Waals surface area contributed by atoms with Crippen LogP contribution in [0.15, 0.2) is 73.1 Å². The summed E-state index contributed by atoms with van der Waals surface area (Å²) in [6.45, 7) is 1.99. The number of halogens is 2. The Bertz CT molecular complexity index is 1400. The third-order valence-corrected chi connectivity index (χ3v) is 7.21. The number of benzene rings is 2. The van der Waals surface area contributed by atoms with Gasteiger partial charge in [-0.2, -0.15) is 0 Å². The van der Waals surface area contributed by atoms with Gasteiger partial charge in [-0.15, -0.1) is 0 Å². The molecule has 5 rings (SSSR count). The van der Waals surface area contributed by atoms with Gasteiger partial charge in [-0.1, -0.05) is 23.7 Å². The number of rotatable bonds is 7. The van der Waals surface area contributed by atoms with Crippen molar-refractivity contribution >= 4 is 34.3 Å². The molecule has 0 radical (unpaired) electrons. The van der Waals surface area contributed by atoms with Crippen LogP contribution in [-0.4, -0.2) is 45.9 Å². The van der Waals surface area contributed by atoms with Crippen molar-refractivity contribution in [1.29, 1.82) is 0 Å².